The molecule has 0 fully saturated rings. The van der Waals surface area contributed by atoms with Crippen LogP contribution in [0.3, 0.4) is 0 Å². The molecule has 6 heteroatoms. The first-order chi connectivity index (χ1) is 15.4. The van der Waals surface area contributed by atoms with E-state index in [-0.39, 0.29) is 11.3 Å². The minimum atomic E-state index is -0.943. The van der Waals surface area contributed by atoms with E-state index in [0.717, 1.165) is 49.1 Å². The summed E-state index contributed by atoms with van der Waals surface area (Å²) in [5.74, 6) is 0.430. The van der Waals surface area contributed by atoms with Crippen molar-refractivity contribution < 1.29 is 9.90 Å². The maximum Gasteiger partial charge on any atom is 0.346 e. The number of aromatic nitrogens is 3. The number of hydrogen-bond acceptors (Lipinski definition) is 3. The van der Waals surface area contributed by atoms with Gasteiger partial charge in [-0.15, -0.1) is 0 Å². The fraction of sp³-hybridized carbons (Fsp3) is 0.423. The summed E-state index contributed by atoms with van der Waals surface area (Å²) in [6.07, 6.45) is 4.90. The molecule has 0 saturated heterocycles. The molecule has 170 valence electrons. The number of carboxylic acids is 1. The Morgan fingerprint density at radius 2 is 1.78 bits per heavy atom. The van der Waals surface area contributed by atoms with E-state index in [9.17, 15) is 14.7 Å². The lowest BCUT2D eigenvalue weighted by Gasteiger charge is -2.09. The number of nitrogens with zero attached hydrogens (tertiary/aromatic N) is 3. The van der Waals surface area contributed by atoms with E-state index in [0.29, 0.717) is 24.6 Å². The second-order valence-corrected chi connectivity index (χ2v) is 8.70. The van der Waals surface area contributed by atoms with E-state index < -0.39 is 5.97 Å². The fourth-order valence-corrected chi connectivity index (χ4v) is 3.80. The van der Waals surface area contributed by atoms with Gasteiger partial charge in [0.15, 0.2) is 0 Å². The van der Waals surface area contributed by atoms with E-state index in [2.05, 4.69) is 25.9 Å². The van der Waals surface area contributed by atoms with Gasteiger partial charge in [-0.25, -0.2) is 14.3 Å². The molecular weight excluding hydrogens is 402 g/mol. The van der Waals surface area contributed by atoms with Crippen molar-refractivity contribution >= 4 is 5.97 Å². The summed E-state index contributed by atoms with van der Waals surface area (Å²) in [6, 6.07) is 14.7. The number of rotatable bonds is 11. The van der Waals surface area contributed by atoms with Gasteiger partial charge in [-0.2, -0.15) is 5.10 Å². The molecule has 1 heterocycles. The van der Waals surface area contributed by atoms with Crippen molar-refractivity contribution in [1.29, 1.82) is 0 Å². The molecule has 0 amide bonds. The highest BCUT2D eigenvalue weighted by Crippen LogP contribution is 2.24. The molecule has 1 N–H and O–H groups in total. The molecule has 0 radical (unpaired) electrons. The van der Waals surface area contributed by atoms with Crippen LogP contribution in [-0.4, -0.2) is 25.4 Å². The van der Waals surface area contributed by atoms with E-state index in [4.69, 9.17) is 0 Å². The first kappa shape index (κ1) is 23.5. The number of carboxylic acid groups (broad SMARTS) is 1. The normalized spacial score (nSPS) is 11.2. The molecule has 6 nitrogen and oxygen atoms in total. The SMILES string of the molecule is CCCCCn1nc(CCC(C)C)n(Cc2ccc(-c3ccccc3C(=O)O)cc2)c1=O. The number of aromatic carboxylic acids is 1. The third-order valence-corrected chi connectivity index (χ3v) is 5.68. The zero-order chi connectivity index (χ0) is 23.1. The number of aryl methyl sites for hydroxylation is 2. The van der Waals surface area contributed by atoms with Crippen LogP contribution in [0.15, 0.2) is 53.3 Å². The number of carbonyl (C=O) groups is 1. The van der Waals surface area contributed by atoms with Crippen LogP contribution in [0, 0.1) is 5.92 Å². The minimum Gasteiger partial charge on any atom is -0.478 e. The molecule has 0 bridgehead atoms. The predicted octanol–water partition coefficient (Wildman–Crippen LogP) is 5.24. The van der Waals surface area contributed by atoms with Crippen molar-refractivity contribution in [3.63, 3.8) is 0 Å². The molecule has 3 aromatic rings. The lowest BCUT2D eigenvalue weighted by molar-refractivity contribution is 0.0697. The average Bonchev–Trinajstić information content (AvgIpc) is 3.07. The summed E-state index contributed by atoms with van der Waals surface area (Å²) >= 11 is 0. The Morgan fingerprint density at radius 3 is 2.44 bits per heavy atom. The van der Waals surface area contributed by atoms with Crippen molar-refractivity contribution in [1.82, 2.24) is 14.3 Å². The molecule has 0 aliphatic rings. The Bertz CT molecular complexity index is 1090. The second kappa shape index (κ2) is 10.9. The van der Waals surface area contributed by atoms with Gasteiger partial charge in [0.2, 0.25) is 0 Å². The maximum absolute atomic E-state index is 13.0. The third kappa shape index (κ3) is 5.75. The lowest BCUT2D eigenvalue weighted by atomic mass is 9.99. The first-order valence-corrected chi connectivity index (χ1v) is 11.5. The van der Waals surface area contributed by atoms with Crippen LogP contribution in [0.4, 0.5) is 0 Å². The minimum absolute atomic E-state index is 0.0554. The summed E-state index contributed by atoms with van der Waals surface area (Å²) in [5.41, 5.74) is 2.74. The molecule has 1 aromatic heterocycles. The van der Waals surface area contributed by atoms with Gasteiger partial charge in [0.05, 0.1) is 12.1 Å². The molecule has 0 aliphatic heterocycles. The Kier molecular flexibility index (Phi) is 8.03. The molecule has 2 aromatic carbocycles. The summed E-state index contributed by atoms with van der Waals surface area (Å²) in [7, 11) is 0. The van der Waals surface area contributed by atoms with Crippen LogP contribution in [-0.2, 0) is 19.5 Å². The quantitative estimate of drug-likeness (QED) is 0.418. The summed E-state index contributed by atoms with van der Waals surface area (Å²) in [5, 5.41) is 14.1. The molecular formula is C26H33N3O3. The number of hydrogen-bond donors (Lipinski definition) is 1. The highest BCUT2D eigenvalue weighted by molar-refractivity contribution is 5.95. The Morgan fingerprint density at radius 1 is 1.06 bits per heavy atom. The number of unbranched alkanes of at least 4 members (excludes halogenated alkanes) is 2. The lowest BCUT2D eigenvalue weighted by Crippen LogP contribution is -2.26. The Hall–Kier alpha value is -3.15. The van der Waals surface area contributed by atoms with Crippen LogP contribution in [0.2, 0.25) is 0 Å². The molecule has 0 unspecified atom stereocenters. The summed E-state index contributed by atoms with van der Waals surface area (Å²) in [6.45, 7) is 7.61. The van der Waals surface area contributed by atoms with Crippen LogP contribution in [0.25, 0.3) is 11.1 Å². The zero-order valence-corrected chi connectivity index (χ0v) is 19.3. The highest BCUT2D eigenvalue weighted by Gasteiger charge is 2.15. The van der Waals surface area contributed by atoms with Crippen LogP contribution in [0.5, 0.6) is 0 Å². The first-order valence-electron chi connectivity index (χ1n) is 11.5. The third-order valence-electron chi connectivity index (χ3n) is 5.68. The molecule has 0 aliphatic carbocycles. The standard InChI is InChI=1S/C26H33N3O3/c1-4-5-8-17-29-26(32)28(24(27-29)16-11-19(2)3)18-20-12-14-21(15-13-20)22-9-6-7-10-23(22)25(30)31/h6-7,9-10,12-15,19H,4-5,8,11,16-18H2,1-3H3,(H,30,31). The largest absolute Gasteiger partial charge is 0.478 e. The van der Waals surface area contributed by atoms with Crippen molar-refractivity contribution in [3.8, 4) is 11.1 Å². The van der Waals surface area contributed by atoms with Crippen LogP contribution >= 0.6 is 0 Å². The van der Waals surface area contributed by atoms with Gasteiger partial charge in [-0.3, -0.25) is 4.57 Å². The van der Waals surface area contributed by atoms with E-state index >= 15 is 0 Å². The summed E-state index contributed by atoms with van der Waals surface area (Å²) < 4.78 is 3.40. The smallest absolute Gasteiger partial charge is 0.346 e. The van der Waals surface area contributed by atoms with Gasteiger partial charge >= 0.3 is 11.7 Å². The van der Waals surface area contributed by atoms with Crippen LogP contribution in [0.1, 0.15) is 68.2 Å². The van der Waals surface area contributed by atoms with Crippen LogP contribution < -0.4 is 5.69 Å². The molecule has 0 spiro atoms. The second-order valence-electron chi connectivity index (χ2n) is 8.70. The monoisotopic (exact) mass is 435 g/mol. The van der Waals surface area contributed by atoms with Gasteiger partial charge in [0.25, 0.3) is 0 Å². The molecule has 0 atom stereocenters. The van der Waals surface area contributed by atoms with Gasteiger partial charge in [0, 0.05) is 13.0 Å². The highest BCUT2D eigenvalue weighted by atomic mass is 16.4. The predicted molar refractivity (Wildman–Crippen MR) is 127 cm³/mol. The van der Waals surface area contributed by atoms with Gasteiger partial charge < -0.3 is 5.11 Å². The van der Waals surface area contributed by atoms with E-state index in [1.807, 2.05) is 36.4 Å². The van der Waals surface area contributed by atoms with E-state index in [1.54, 1.807) is 21.4 Å². The molecule has 0 saturated carbocycles. The molecule has 32 heavy (non-hydrogen) atoms. The van der Waals surface area contributed by atoms with Gasteiger partial charge in [-0.1, -0.05) is 76.1 Å². The van der Waals surface area contributed by atoms with Gasteiger partial charge in [-0.05, 0) is 41.5 Å². The maximum atomic E-state index is 13.0. The van der Waals surface area contributed by atoms with Crippen molar-refractivity contribution in [2.75, 3.05) is 0 Å². The van der Waals surface area contributed by atoms with E-state index in [1.165, 1.54) is 0 Å². The zero-order valence-electron chi connectivity index (χ0n) is 19.3. The topological polar surface area (TPSA) is 77.1 Å². The number of benzene rings is 2. The van der Waals surface area contributed by atoms with Gasteiger partial charge in [0.1, 0.15) is 5.82 Å². The van der Waals surface area contributed by atoms with Crippen molar-refractivity contribution in [2.24, 2.45) is 5.92 Å². The van der Waals surface area contributed by atoms with Crippen molar-refractivity contribution in [2.45, 2.75) is 66.0 Å². The molecule has 3 rings (SSSR count). The Balaban J connectivity index is 1.86. The van der Waals surface area contributed by atoms with Crippen molar-refractivity contribution in [3.05, 3.63) is 76.0 Å². The fourth-order valence-electron chi connectivity index (χ4n) is 3.80. The average molecular weight is 436 g/mol. The Labute approximate surface area is 189 Å². The summed E-state index contributed by atoms with van der Waals surface area (Å²) in [4.78, 5) is 24.6.